The quantitative estimate of drug-likeness (QED) is 0.404. The second kappa shape index (κ2) is 8.81. The zero-order valence-electron chi connectivity index (χ0n) is 19.9. The zero-order chi connectivity index (χ0) is 23.9. The number of H-pyrrole nitrogens is 2. The number of nitrogens with zero attached hydrogens (tertiary/aromatic N) is 7. The molecule has 5 heterocycles. The van der Waals surface area contributed by atoms with E-state index in [-0.39, 0.29) is 5.82 Å². The number of hydrogen-bond acceptors (Lipinski definition) is 8. The lowest BCUT2D eigenvalue weighted by atomic mass is 10.0. The maximum absolute atomic E-state index is 15.2. The summed E-state index contributed by atoms with van der Waals surface area (Å²) in [5.74, 6) is 0.875. The second-order valence-corrected chi connectivity index (χ2v) is 9.41. The number of nitrogens with one attached hydrogen (secondary N) is 3. The van der Waals surface area contributed by atoms with Gasteiger partial charge in [0.05, 0.1) is 36.3 Å². The van der Waals surface area contributed by atoms with Crippen LogP contribution >= 0.6 is 0 Å². The lowest BCUT2D eigenvalue weighted by Crippen LogP contribution is -2.42. The highest BCUT2D eigenvalue weighted by molar-refractivity contribution is 5.85. The molecule has 0 amide bonds. The molecule has 0 aliphatic carbocycles. The number of aromatic amines is 2. The average molecular weight is 477 g/mol. The molecule has 3 aromatic heterocycles. The van der Waals surface area contributed by atoms with Crippen molar-refractivity contribution in [2.24, 2.45) is 0 Å². The number of piperidine rings is 1. The van der Waals surface area contributed by atoms with Crippen LogP contribution in [0.2, 0.25) is 0 Å². The van der Waals surface area contributed by atoms with Gasteiger partial charge in [-0.05, 0) is 51.2 Å². The first-order valence-electron chi connectivity index (χ1n) is 12.0. The molecule has 11 heteroatoms. The molecule has 2 aliphatic rings. The summed E-state index contributed by atoms with van der Waals surface area (Å²) in [4.78, 5) is 31.0. The molecule has 35 heavy (non-hydrogen) atoms. The van der Waals surface area contributed by atoms with Crippen molar-refractivity contribution in [3.05, 3.63) is 48.1 Å². The number of benzene rings is 1. The monoisotopic (exact) mass is 476 g/mol. The third-order valence-electron chi connectivity index (χ3n) is 7.16. The summed E-state index contributed by atoms with van der Waals surface area (Å²) >= 11 is 0. The third-order valence-corrected chi connectivity index (χ3v) is 7.16. The van der Waals surface area contributed by atoms with E-state index < -0.39 is 0 Å². The van der Waals surface area contributed by atoms with E-state index in [1.165, 1.54) is 6.07 Å². The number of rotatable bonds is 5. The van der Waals surface area contributed by atoms with E-state index in [4.69, 9.17) is 4.98 Å². The van der Waals surface area contributed by atoms with Gasteiger partial charge in [0.25, 0.3) is 0 Å². The lowest BCUT2D eigenvalue weighted by molar-refractivity contribution is 0.252. The van der Waals surface area contributed by atoms with Crippen LogP contribution in [0.5, 0.6) is 0 Å². The third kappa shape index (κ3) is 4.16. The molecule has 0 spiro atoms. The van der Waals surface area contributed by atoms with E-state index in [1.54, 1.807) is 12.7 Å². The summed E-state index contributed by atoms with van der Waals surface area (Å²) in [5.41, 5.74) is 4.72. The van der Waals surface area contributed by atoms with Crippen LogP contribution in [0.1, 0.15) is 24.2 Å². The lowest BCUT2D eigenvalue weighted by Gasteiger charge is -2.36. The molecular weight excluding hydrogens is 447 g/mol. The Kier molecular flexibility index (Phi) is 5.48. The van der Waals surface area contributed by atoms with E-state index in [9.17, 15) is 0 Å². The minimum atomic E-state index is -0.264. The molecule has 1 saturated heterocycles. The molecule has 2 aliphatic heterocycles. The van der Waals surface area contributed by atoms with Gasteiger partial charge in [0.15, 0.2) is 11.5 Å². The van der Waals surface area contributed by atoms with Crippen molar-refractivity contribution in [1.29, 1.82) is 0 Å². The van der Waals surface area contributed by atoms with Crippen molar-refractivity contribution in [1.82, 2.24) is 34.8 Å². The van der Waals surface area contributed by atoms with Crippen LogP contribution in [-0.2, 0) is 13.0 Å². The normalized spacial score (nSPS) is 17.1. The minimum Gasteiger partial charge on any atom is -0.369 e. The maximum Gasteiger partial charge on any atom is 0.231 e. The highest BCUT2D eigenvalue weighted by Crippen LogP contribution is 2.30. The fourth-order valence-corrected chi connectivity index (χ4v) is 5.07. The van der Waals surface area contributed by atoms with Crippen LogP contribution in [0.15, 0.2) is 30.9 Å². The van der Waals surface area contributed by atoms with Crippen molar-refractivity contribution in [2.75, 3.05) is 48.8 Å². The van der Waals surface area contributed by atoms with Gasteiger partial charge in [-0.15, -0.1) is 0 Å². The van der Waals surface area contributed by atoms with Crippen LogP contribution in [0.4, 0.5) is 27.5 Å². The number of anilines is 4. The van der Waals surface area contributed by atoms with Gasteiger partial charge in [0.2, 0.25) is 5.95 Å². The Morgan fingerprint density at radius 3 is 2.74 bits per heavy atom. The van der Waals surface area contributed by atoms with Crippen LogP contribution in [0.25, 0.3) is 11.2 Å². The highest BCUT2D eigenvalue weighted by atomic mass is 19.1. The standard InChI is InChI=1S/C24H29FN10/c1-33-8-5-16(6-9-33)34(2)20-4-3-15(11-17(20)25)30-24-31-22-21(28-14-29-22)23(32-24)35-10-7-18-19(12-35)27-13-26-18/h3-4,11,13-14,16H,5-10,12H2,1-2H3,(H,26,27)(H2,28,29,30,31,32). The fourth-order valence-electron chi connectivity index (χ4n) is 5.07. The molecule has 182 valence electrons. The van der Waals surface area contributed by atoms with Crippen molar-refractivity contribution in [3.63, 3.8) is 0 Å². The van der Waals surface area contributed by atoms with Gasteiger partial charge in [0.1, 0.15) is 11.3 Å². The van der Waals surface area contributed by atoms with E-state index >= 15 is 4.39 Å². The van der Waals surface area contributed by atoms with Crippen molar-refractivity contribution >= 4 is 34.3 Å². The van der Waals surface area contributed by atoms with Gasteiger partial charge in [-0.1, -0.05) is 0 Å². The summed E-state index contributed by atoms with van der Waals surface area (Å²) < 4.78 is 15.2. The van der Waals surface area contributed by atoms with E-state index in [0.717, 1.165) is 61.6 Å². The Bertz CT molecular complexity index is 1340. The van der Waals surface area contributed by atoms with Crippen LogP contribution in [0.3, 0.4) is 0 Å². The Labute approximate surface area is 202 Å². The van der Waals surface area contributed by atoms with Gasteiger partial charge in [-0.25, -0.2) is 14.4 Å². The molecule has 0 saturated carbocycles. The molecule has 3 N–H and O–H groups in total. The Morgan fingerprint density at radius 2 is 1.91 bits per heavy atom. The van der Waals surface area contributed by atoms with Gasteiger partial charge in [-0.3, -0.25) is 0 Å². The molecule has 0 radical (unpaired) electrons. The molecule has 1 fully saturated rings. The summed E-state index contributed by atoms with van der Waals surface area (Å²) in [5, 5.41) is 3.18. The maximum atomic E-state index is 15.2. The van der Waals surface area contributed by atoms with Crippen LogP contribution < -0.4 is 15.1 Å². The van der Waals surface area contributed by atoms with Gasteiger partial charge >= 0.3 is 0 Å². The second-order valence-electron chi connectivity index (χ2n) is 9.41. The predicted molar refractivity (Wildman–Crippen MR) is 134 cm³/mol. The highest BCUT2D eigenvalue weighted by Gasteiger charge is 2.24. The number of likely N-dealkylation sites (tertiary alicyclic amines) is 1. The molecule has 4 aromatic rings. The number of hydrogen-bond donors (Lipinski definition) is 3. The van der Waals surface area contributed by atoms with Crippen LogP contribution in [0, 0.1) is 5.82 Å². The molecule has 0 bridgehead atoms. The summed E-state index contributed by atoms with van der Waals surface area (Å²) in [6.07, 6.45) is 6.24. The Balaban J connectivity index is 1.24. The zero-order valence-corrected chi connectivity index (χ0v) is 19.9. The largest absolute Gasteiger partial charge is 0.369 e. The molecular formula is C24H29FN10. The Hall–Kier alpha value is -3.73. The number of fused-ring (bicyclic) bond motifs is 2. The predicted octanol–water partition coefficient (Wildman–Crippen LogP) is 3.05. The van der Waals surface area contributed by atoms with E-state index in [0.29, 0.717) is 35.6 Å². The van der Waals surface area contributed by atoms with Crippen molar-refractivity contribution in [3.8, 4) is 0 Å². The van der Waals surface area contributed by atoms with Gasteiger partial charge in [0, 0.05) is 31.7 Å². The first kappa shape index (κ1) is 21.8. The summed E-state index contributed by atoms with van der Waals surface area (Å²) in [6, 6.07) is 5.55. The molecule has 6 rings (SSSR count). The van der Waals surface area contributed by atoms with Gasteiger partial charge in [-0.2, -0.15) is 9.97 Å². The average Bonchev–Trinajstić information content (AvgIpc) is 3.53. The summed E-state index contributed by atoms with van der Waals surface area (Å²) in [6.45, 7) is 3.52. The van der Waals surface area contributed by atoms with Crippen LogP contribution in [-0.4, -0.2) is 74.6 Å². The van der Waals surface area contributed by atoms with Gasteiger partial charge < -0.3 is 30.0 Å². The van der Waals surface area contributed by atoms with Crippen molar-refractivity contribution < 1.29 is 4.39 Å². The van der Waals surface area contributed by atoms with E-state index in [2.05, 4.69) is 52.0 Å². The summed E-state index contributed by atoms with van der Waals surface area (Å²) in [7, 11) is 4.11. The molecule has 10 nitrogen and oxygen atoms in total. The Morgan fingerprint density at radius 1 is 1.09 bits per heavy atom. The minimum absolute atomic E-state index is 0.264. The first-order valence-corrected chi connectivity index (χ1v) is 12.0. The molecule has 0 atom stereocenters. The topological polar surface area (TPSA) is 105 Å². The smallest absolute Gasteiger partial charge is 0.231 e. The molecule has 1 aromatic carbocycles. The number of aromatic nitrogens is 6. The number of halogens is 1. The van der Waals surface area contributed by atoms with Crippen molar-refractivity contribution in [2.45, 2.75) is 31.8 Å². The first-order chi connectivity index (χ1) is 17.0. The fraction of sp³-hybridized carbons (Fsp3) is 0.417. The van der Waals surface area contributed by atoms with E-state index in [1.807, 2.05) is 19.2 Å². The SMILES string of the molecule is CN1CCC(N(C)c2ccc(Nc3nc(N4CCc5nc[nH]c5C4)c4[nH]cnc4n3)cc2F)CC1. The number of imidazole rings is 2. The molecule has 0 unspecified atom stereocenters.